The van der Waals surface area contributed by atoms with Gasteiger partial charge in [0.2, 0.25) is 5.91 Å². The molecule has 61 heavy (non-hydrogen) atoms. The number of hydrogen-bond acceptors (Lipinski definition) is 8. The van der Waals surface area contributed by atoms with Crippen LogP contribution in [0.25, 0.3) is 0 Å². The van der Waals surface area contributed by atoms with Crippen molar-refractivity contribution in [3.8, 4) is 0 Å². The fraction of sp³-hybridized carbons (Fsp3) is 0.942. The molecule has 1 aliphatic rings. The number of ether oxygens (including phenoxy) is 2. The number of hydrogen-bond donors (Lipinski definition) is 6. The maximum Gasteiger partial charge on any atom is 0.220 e. The third-order valence-electron chi connectivity index (χ3n) is 12.9. The van der Waals surface area contributed by atoms with Crippen LogP contribution in [0.1, 0.15) is 258 Å². The van der Waals surface area contributed by atoms with E-state index in [2.05, 4.69) is 19.2 Å². The number of aliphatic hydroxyl groups is 5. The highest BCUT2D eigenvalue weighted by Crippen LogP contribution is 2.23. The van der Waals surface area contributed by atoms with Crippen LogP contribution in [0.4, 0.5) is 0 Å². The molecule has 6 N–H and O–H groups in total. The Hall–Kier alpha value is -1.07. The summed E-state index contributed by atoms with van der Waals surface area (Å²) in [6.45, 7) is 3.81. The summed E-state index contributed by atoms with van der Waals surface area (Å²) >= 11 is 0. The zero-order valence-electron chi connectivity index (χ0n) is 39.9. The molecule has 1 fully saturated rings. The molecule has 2 unspecified atom stereocenters. The first-order valence-corrected chi connectivity index (χ1v) is 26.4. The summed E-state index contributed by atoms with van der Waals surface area (Å²) in [5.74, 6) is -0.171. The van der Waals surface area contributed by atoms with Gasteiger partial charge in [-0.25, -0.2) is 0 Å². The van der Waals surface area contributed by atoms with E-state index in [9.17, 15) is 30.3 Å². The number of unbranched alkanes of at least 4 members (excludes halogenated alkanes) is 35. The van der Waals surface area contributed by atoms with Gasteiger partial charge in [-0.2, -0.15) is 0 Å². The predicted octanol–water partition coefficient (Wildman–Crippen LogP) is 12.1. The molecule has 9 heteroatoms. The van der Waals surface area contributed by atoms with Crippen LogP contribution in [0, 0.1) is 0 Å². The Labute approximate surface area is 376 Å². The molecule has 0 aromatic carbocycles. The van der Waals surface area contributed by atoms with Gasteiger partial charge >= 0.3 is 0 Å². The van der Waals surface area contributed by atoms with Gasteiger partial charge in [-0.1, -0.05) is 244 Å². The van der Waals surface area contributed by atoms with Crippen LogP contribution in [0.3, 0.4) is 0 Å². The molecule has 0 aromatic heterocycles. The van der Waals surface area contributed by atoms with Gasteiger partial charge in [-0.15, -0.1) is 0 Å². The van der Waals surface area contributed by atoms with Crippen molar-refractivity contribution in [3.63, 3.8) is 0 Å². The first-order valence-electron chi connectivity index (χ1n) is 26.4. The SMILES string of the molecule is CCCCCCCCCCCCCCCCC/C=C/[C@@H](O)[C@H](CO[C@@H]1O[C@H](CO)[C@H](O)C(O)C1O)NC(=O)CCCCCCCCCCCCCCCCCCCCCCC. The second-order valence-corrected chi connectivity index (χ2v) is 18.7. The summed E-state index contributed by atoms with van der Waals surface area (Å²) in [6.07, 6.45) is 44.0. The molecule has 0 aromatic rings. The minimum atomic E-state index is -1.56. The molecule has 1 saturated heterocycles. The number of carbonyl (C=O) groups is 1. The summed E-state index contributed by atoms with van der Waals surface area (Å²) in [5.41, 5.74) is 0. The lowest BCUT2D eigenvalue weighted by Gasteiger charge is -2.40. The lowest BCUT2D eigenvalue weighted by Crippen LogP contribution is -2.60. The zero-order chi connectivity index (χ0) is 44.4. The largest absolute Gasteiger partial charge is 0.394 e. The van der Waals surface area contributed by atoms with E-state index in [4.69, 9.17) is 9.47 Å². The summed E-state index contributed by atoms with van der Waals surface area (Å²) in [5, 5.41) is 54.4. The van der Waals surface area contributed by atoms with E-state index in [0.717, 1.165) is 38.5 Å². The monoisotopic (exact) mass is 868 g/mol. The maximum absolute atomic E-state index is 13.0. The molecule has 1 aliphatic heterocycles. The van der Waals surface area contributed by atoms with Crippen LogP contribution in [0.15, 0.2) is 12.2 Å². The number of amides is 1. The van der Waals surface area contributed by atoms with Crippen molar-refractivity contribution >= 4 is 5.91 Å². The van der Waals surface area contributed by atoms with Crippen molar-refractivity contribution in [2.75, 3.05) is 13.2 Å². The standard InChI is InChI=1S/C52H101NO8/c1-3-5-7-9-11-13-15-17-19-21-22-23-24-26-28-30-32-34-36-38-40-42-48(56)53-45(44-60-52-51(59)50(58)49(57)47(43-54)61-52)46(55)41-39-37-35-33-31-29-27-25-20-18-16-14-12-10-8-6-4-2/h39,41,45-47,49-52,54-55,57-59H,3-38,40,42-44H2,1-2H3,(H,53,56)/b41-39+/t45-,46+,47+,49-,50?,51?,52+/m0/s1. The average molecular weight is 868 g/mol. The quantitative estimate of drug-likeness (QED) is 0.0262. The number of carbonyl (C=O) groups excluding carboxylic acids is 1. The minimum Gasteiger partial charge on any atom is -0.394 e. The second kappa shape index (κ2) is 42.9. The molecule has 1 amide bonds. The van der Waals surface area contributed by atoms with E-state index in [1.807, 2.05) is 6.08 Å². The van der Waals surface area contributed by atoms with Crippen molar-refractivity contribution < 1.29 is 39.8 Å². The van der Waals surface area contributed by atoms with E-state index < -0.39 is 49.5 Å². The number of nitrogens with one attached hydrogen (secondary N) is 1. The van der Waals surface area contributed by atoms with Crippen LogP contribution in [-0.2, 0) is 14.3 Å². The topological polar surface area (TPSA) is 149 Å². The van der Waals surface area contributed by atoms with E-state index in [0.29, 0.717) is 6.42 Å². The van der Waals surface area contributed by atoms with E-state index in [-0.39, 0.29) is 12.5 Å². The van der Waals surface area contributed by atoms with Crippen LogP contribution in [0.5, 0.6) is 0 Å². The van der Waals surface area contributed by atoms with Crippen molar-refractivity contribution in [1.82, 2.24) is 5.32 Å². The van der Waals surface area contributed by atoms with E-state index in [1.54, 1.807) is 6.08 Å². The Bertz CT molecular complexity index is 966. The van der Waals surface area contributed by atoms with Gasteiger partial charge in [0, 0.05) is 6.42 Å². The zero-order valence-corrected chi connectivity index (χ0v) is 39.9. The van der Waals surface area contributed by atoms with Gasteiger partial charge in [0.15, 0.2) is 6.29 Å². The number of aliphatic hydroxyl groups excluding tert-OH is 5. The highest BCUT2D eigenvalue weighted by Gasteiger charge is 2.44. The Morgan fingerprint density at radius 3 is 1.28 bits per heavy atom. The van der Waals surface area contributed by atoms with Gasteiger partial charge in [-0.3, -0.25) is 4.79 Å². The Kier molecular flexibility index (Phi) is 40.7. The minimum absolute atomic E-state index is 0.171. The van der Waals surface area contributed by atoms with E-state index in [1.165, 1.54) is 199 Å². The lowest BCUT2D eigenvalue weighted by molar-refractivity contribution is -0.302. The third-order valence-corrected chi connectivity index (χ3v) is 12.9. The van der Waals surface area contributed by atoms with Crippen LogP contribution in [-0.4, -0.2) is 87.5 Å². The average Bonchev–Trinajstić information content (AvgIpc) is 3.26. The Morgan fingerprint density at radius 1 is 0.541 bits per heavy atom. The van der Waals surface area contributed by atoms with Gasteiger partial charge in [0.25, 0.3) is 0 Å². The first kappa shape index (κ1) is 57.9. The van der Waals surface area contributed by atoms with Crippen LogP contribution >= 0.6 is 0 Å². The number of rotatable bonds is 45. The predicted molar refractivity (Wildman–Crippen MR) is 254 cm³/mol. The highest BCUT2D eigenvalue weighted by molar-refractivity contribution is 5.76. The van der Waals surface area contributed by atoms with Crippen molar-refractivity contribution in [2.45, 2.75) is 301 Å². The lowest BCUT2D eigenvalue weighted by atomic mass is 9.99. The molecular formula is C52H101NO8. The number of allylic oxidation sites excluding steroid dienone is 1. The highest BCUT2D eigenvalue weighted by atomic mass is 16.7. The summed E-state index contributed by atoms with van der Waals surface area (Å²) in [6, 6.07) is -0.799. The van der Waals surface area contributed by atoms with Gasteiger partial charge < -0.3 is 40.3 Å². The summed E-state index contributed by atoms with van der Waals surface area (Å²) < 4.78 is 11.2. The molecule has 0 bridgehead atoms. The van der Waals surface area contributed by atoms with Gasteiger partial charge in [-0.05, 0) is 19.3 Å². The van der Waals surface area contributed by atoms with Crippen molar-refractivity contribution in [3.05, 3.63) is 12.2 Å². The molecule has 0 spiro atoms. The second-order valence-electron chi connectivity index (χ2n) is 18.7. The normalized spacial score (nSPS) is 20.4. The van der Waals surface area contributed by atoms with Crippen molar-refractivity contribution in [2.24, 2.45) is 0 Å². The van der Waals surface area contributed by atoms with Gasteiger partial charge in [0.1, 0.15) is 24.4 Å². The Morgan fingerprint density at radius 2 is 0.902 bits per heavy atom. The molecule has 0 saturated carbocycles. The summed E-state index contributed by atoms with van der Waals surface area (Å²) in [7, 11) is 0. The van der Waals surface area contributed by atoms with Crippen LogP contribution in [0.2, 0.25) is 0 Å². The molecule has 7 atom stereocenters. The van der Waals surface area contributed by atoms with Gasteiger partial charge in [0.05, 0.1) is 25.4 Å². The fourth-order valence-corrected chi connectivity index (χ4v) is 8.63. The fourth-order valence-electron chi connectivity index (χ4n) is 8.63. The summed E-state index contributed by atoms with van der Waals surface area (Å²) in [4.78, 5) is 13.0. The van der Waals surface area contributed by atoms with Crippen molar-refractivity contribution in [1.29, 1.82) is 0 Å². The first-order chi connectivity index (χ1) is 29.8. The maximum atomic E-state index is 13.0. The Balaban J connectivity index is 2.26. The molecule has 0 radical (unpaired) electrons. The smallest absolute Gasteiger partial charge is 0.220 e. The molecular weight excluding hydrogens is 767 g/mol. The van der Waals surface area contributed by atoms with Crippen LogP contribution < -0.4 is 5.32 Å². The molecule has 0 aliphatic carbocycles. The molecule has 362 valence electrons. The third kappa shape index (κ3) is 33.1. The molecule has 9 nitrogen and oxygen atoms in total. The van der Waals surface area contributed by atoms with E-state index >= 15 is 0 Å². The molecule has 1 rings (SSSR count). The molecule has 1 heterocycles.